The number of carbonyl (C=O) groups excluding carboxylic acids is 2. The van der Waals surface area contributed by atoms with Crippen LogP contribution in [0.15, 0.2) is 6.20 Å². The number of aromatic amines is 1. The lowest BCUT2D eigenvalue weighted by molar-refractivity contribution is -0.123. The van der Waals surface area contributed by atoms with Crippen molar-refractivity contribution in [1.82, 2.24) is 15.1 Å². The van der Waals surface area contributed by atoms with Gasteiger partial charge in [-0.2, -0.15) is 5.10 Å². The molecule has 0 aromatic carbocycles. The summed E-state index contributed by atoms with van der Waals surface area (Å²) in [5.41, 5.74) is 6.06. The monoisotopic (exact) mass is 252 g/mol. The topological polar surface area (TPSA) is 101 Å². The number of nitrogens with zero attached hydrogens (tertiary/aromatic N) is 2. The molecule has 1 atom stereocenters. The highest BCUT2D eigenvalue weighted by atomic mass is 16.6. The first-order valence-corrected chi connectivity index (χ1v) is 5.60. The molecule has 1 aromatic rings. The summed E-state index contributed by atoms with van der Waals surface area (Å²) in [6, 6.07) is -0.811. The Bertz CT molecular complexity index is 489. The van der Waals surface area contributed by atoms with Crippen molar-refractivity contribution in [2.75, 3.05) is 0 Å². The third-order valence-electron chi connectivity index (χ3n) is 2.58. The van der Waals surface area contributed by atoms with Crippen LogP contribution in [0.2, 0.25) is 0 Å². The van der Waals surface area contributed by atoms with Gasteiger partial charge in [-0.1, -0.05) is 0 Å². The summed E-state index contributed by atoms with van der Waals surface area (Å²) in [5, 5.41) is 6.58. The molecule has 2 heterocycles. The highest BCUT2D eigenvalue weighted by Crippen LogP contribution is 2.33. The van der Waals surface area contributed by atoms with E-state index in [0.717, 1.165) is 0 Å². The van der Waals surface area contributed by atoms with Gasteiger partial charge in [0.25, 0.3) is 0 Å². The van der Waals surface area contributed by atoms with Crippen molar-refractivity contribution in [2.45, 2.75) is 39.0 Å². The Balaban J connectivity index is 2.23. The molecule has 1 aliphatic rings. The number of primary amides is 1. The smallest absolute Gasteiger partial charge is 0.411 e. The van der Waals surface area contributed by atoms with Gasteiger partial charge in [-0.15, -0.1) is 0 Å². The molecule has 0 saturated carbocycles. The van der Waals surface area contributed by atoms with E-state index in [1.165, 1.54) is 11.1 Å². The second kappa shape index (κ2) is 4.01. The summed E-state index contributed by atoms with van der Waals surface area (Å²) >= 11 is 0. The van der Waals surface area contributed by atoms with Gasteiger partial charge >= 0.3 is 6.09 Å². The number of H-pyrrole nitrogens is 1. The predicted octanol–water partition coefficient (Wildman–Crippen LogP) is 0.687. The minimum absolute atomic E-state index is 0.248. The van der Waals surface area contributed by atoms with Crippen molar-refractivity contribution < 1.29 is 14.3 Å². The molecule has 0 spiro atoms. The summed E-state index contributed by atoms with van der Waals surface area (Å²) in [4.78, 5) is 24.8. The average Bonchev–Trinajstić information content (AvgIpc) is 2.70. The maximum Gasteiger partial charge on any atom is 0.411 e. The van der Waals surface area contributed by atoms with E-state index in [0.29, 0.717) is 11.3 Å². The Labute approximate surface area is 104 Å². The molecule has 0 aliphatic carbocycles. The van der Waals surface area contributed by atoms with E-state index in [-0.39, 0.29) is 6.54 Å². The lowest BCUT2D eigenvalue weighted by Crippen LogP contribution is -2.40. The molecule has 7 nitrogen and oxygen atoms in total. The second-order valence-electron chi connectivity index (χ2n) is 5.22. The van der Waals surface area contributed by atoms with Crippen LogP contribution in [-0.4, -0.2) is 32.7 Å². The number of rotatable bonds is 1. The molecular formula is C11H16N4O3. The Hall–Kier alpha value is -2.05. The standard InChI is InChI=1S/C11H16N4O3/c1-11(2,3)18-10(17)15-5-7-6(4-13-14-7)8(15)9(12)16/h4,8H,5H2,1-3H3,(H2,12,16)(H,13,14)/t8-/m0/s1. The average molecular weight is 252 g/mol. The van der Waals surface area contributed by atoms with E-state index >= 15 is 0 Å². The fourth-order valence-corrected chi connectivity index (χ4v) is 1.91. The number of carbonyl (C=O) groups is 2. The van der Waals surface area contributed by atoms with E-state index in [2.05, 4.69) is 10.2 Å². The number of nitrogens with one attached hydrogen (secondary N) is 1. The molecule has 0 saturated heterocycles. The number of ether oxygens (including phenoxy) is 1. The third kappa shape index (κ3) is 2.15. The molecule has 0 radical (unpaired) electrons. The van der Waals surface area contributed by atoms with E-state index in [1.54, 1.807) is 20.8 Å². The number of hydrogen-bond acceptors (Lipinski definition) is 4. The van der Waals surface area contributed by atoms with E-state index in [9.17, 15) is 9.59 Å². The summed E-state index contributed by atoms with van der Waals surface area (Å²) in [7, 11) is 0. The Morgan fingerprint density at radius 3 is 2.78 bits per heavy atom. The highest BCUT2D eigenvalue weighted by Gasteiger charge is 2.40. The van der Waals surface area contributed by atoms with Crippen molar-refractivity contribution in [3.05, 3.63) is 17.5 Å². The normalized spacial score (nSPS) is 18.6. The van der Waals surface area contributed by atoms with Crippen LogP contribution in [0.5, 0.6) is 0 Å². The lowest BCUT2D eigenvalue weighted by atomic mass is 10.1. The Kier molecular flexibility index (Phi) is 2.76. The van der Waals surface area contributed by atoms with Gasteiger partial charge in [0.1, 0.15) is 11.6 Å². The first kappa shape index (κ1) is 12.4. The highest BCUT2D eigenvalue weighted by molar-refractivity contribution is 5.87. The van der Waals surface area contributed by atoms with Crippen LogP contribution in [0.1, 0.15) is 38.1 Å². The van der Waals surface area contributed by atoms with Gasteiger partial charge in [-0.25, -0.2) is 4.79 Å². The molecule has 18 heavy (non-hydrogen) atoms. The zero-order valence-electron chi connectivity index (χ0n) is 10.6. The first-order valence-electron chi connectivity index (χ1n) is 5.60. The molecule has 3 N–H and O–H groups in total. The van der Waals surface area contributed by atoms with Gasteiger partial charge < -0.3 is 10.5 Å². The summed E-state index contributed by atoms with van der Waals surface area (Å²) in [6.45, 7) is 5.54. The molecule has 0 fully saturated rings. The maximum absolute atomic E-state index is 12.0. The minimum Gasteiger partial charge on any atom is -0.444 e. The van der Waals surface area contributed by atoms with E-state index in [1.807, 2.05) is 0 Å². The number of hydrogen-bond donors (Lipinski definition) is 2. The van der Waals surface area contributed by atoms with Crippen LogP contribution in [-0.2, 0) is 16.1 Å². The Morgan fingerprint density at radius 2 is 2.22 bits per heavy atom. The molecule has 2 rings (SSSR count). The molecule has 98 valence electrons. The van der Waals surface area contributed by atoms with Crippen LogP contribution in [0.3, 0.4) is 0 Å². The molecule has 0 bridgehead atoms. The van der Waals surface area contributed by atoms with Crippen LogP contribution in [0.25, 0.3) is 0 Å². The minimum atomic E-state index is -0.811. The maximum atomic E-state index is 12.0. The van der Waals surface area contributed by atoms with Crippen molar-refractivity contribution in [3.8, 4) is 0 Å². The zero-order valence-corrected chi connectivity index (χ0v) is 10.6. The predicted molar refractivity (Wildman–Crippen MR) is 62.3 cm³/mol. The SMILES string of the molecule is CC(C)(C)OC(=O)N1Cc2[nH]ncc2[C@H]1C(N)=O. The van der Waals surface area contributed by atoms with Crippen LogP contribution >= 0.6 is 0 Å². The number of aromatic nitrogens is 2. The van der Waals surface area contributed by atoms with Crippen molar-refractivity contribution >= 4 is 12.0 Å². The van der Waals surface area contributed by atoms with Crippen molar-refractivity contribution in [3.63, 3.8) is 0 Å². The van der Waals surface area contributed by atoms with Gasteiger partial charge in [-0.3, -0.25) is 14.8 Å². The summed E-state index contributed by atoms with van der Waals surface area (Å²) in [6.07, 6.45) is 0.950. The lowest BCUT2D eigenvalue weighted by Gasteiger charge is -2.27. The Morgan fingerprint density at radius 1 is 1.56 bits per heavy atom. The zero-order chi connectivity index (χ0) is 13.5. The fraction of sp³-hybridized carbons (Fsp3) is 0.545. The second-order valence-corrected chi connectivity index (χ2v) is 5.22. The van der Waals surface area contributed by atoms with Gasteiger partial charge in [0.2, 0.25) is 5.91 Å². The third-order valence-corrected chi connectivity index (χ3v) is 2.58. The fourth-order valence-electron chi connectivity index (χ4n) is 1.91. The van der Waals surface area contributed by atoms with E-state index < -0.39 is 23.6 Å². The molecule has 2 amide bonds. The van der Waals surface area contributed by atoms with Crippen LogP contribution in [0, 0.1) is 0 Å². The molecule has 1 aromatic heterocycles. The van der Waals surface area contributed by atoms with Gasteiger partial charge in [0, 0.05) is 5.56 Å². The number of fused-ring (bicyclic) bond motifs is 1. The van der Waals surface area contributed by atoms with Gasteiger partial charge in [-0.05, 0) is 20.8 Å². The van der Waals surface area contributed by atoms with Crippen molar-refractivity contribution in [1.29, 1.82) is 0 Å². The van der Waals surface area contributed by atoms with Crippen LogP contribution in [0.4, 0.5) is 4.79 Å². The summed E-state index contributed by atoms with van der Waals surface area (Å²) < 4.78 is 5.25. The van der Waals surface area contributed by atoms with E-state index in [4.69, 9.17) is 10.5 Å². The molecular weight excluding hydrogens is 236 g/mol. The molecule has 7 heteroatoms. The van der Waals surface area contributed by atoms with Crippen molar-refractivity contribution in [2.24, 2.45) is 5.73 Å². The largest absolute Gasteiger partial charge is 0.444 e. The quantitative estimate of drug-likeness (QED) is 0.767. The first-order chi connectivity index (χ1) is 8.29. The molecule has 0 unspecified atom stereocenters. The number of amides is 2. The molecule has 1 aliphatic heterocycles. The van der Waals surface area contributed by atoms with Crippen LogP contribution < -0.4 is 5.73 Å². The van der Waals surface area contributed by atoms with Gasteiger partial charge in [0.05, 0.1) is 18.4 Å². The summed E-state index contributed by atoms with van der Waals surface area (Å²) in [5.74, 6) is -0.596. The van der Waals surface area contributed by atoms with Gasteiger partial charge in [0.15, 0.2) is 0 Å². The number of nitrogens with two attached hydrogens (primary N) is 1.